The van der Waals surface area contributed by atoms with Gasteiger partial charge in [-0.25, -0.2) is 4.39 Å². The maximum absolute atomic E-state index is 12.8. The van der Waals surface area contributed by atoms with Gasteiger partial charge >= 0.3 is 6.18 Å². The van der Waals surface area contributed by atoms with Crippen molar-refractivity contribution < 1.29 is 22.4 Å². The van der Waals surface area contributed by atoms with Crippen LogP contribution >= 0.6 is 0 Å². The zero-order valence-corrected chi connectivity index (χ0v) is 13.7. The molecule has 2 rings (SSSR count). The topological polar surface area (TPSA) is 23.6 Å². The fourth-order valence-electron chi connectivity index (χ4n) is 2.85. The van der Waals surface area contributed by atoms with Gasteiger partial charge < -0.3 is 4.90 Å². The summed E-state index contributed by atoms with van der Waals surface area (Å²) in [6.07, 6.45) is -3.12. The van der Waals surface area contributed by atoms with Crippen molar-refractivity contribution in [1.82, 2.24) is 9.80 Å². The average molecular weight is 346 g/mol. The standard InChI is InChI=1S/C17H22F4N2O/c1-22(10-8-13-4-6-15(18)7-5-13)12-16(24)23-9-2-3-14(11-23)17(19,20)21/h4-7,14H,2-3,8-12H2,1H3. The van der Waals surface area contributed by atoms with Gasteiger partial charge in [0.25, 0.3) is 0 Å². The van der Waals surface area contributed by atoms with Gasteiger partial charge in [0.1, 0.15) is 5.82 Å². The molecule has 1 atom stereocenters. The molecular weight excluding hydrogens is 324 g/mol. The fourth-order valence-corrected chi connectivity index (χ4v) is 2.85. The van der Waals surface area contributed by atoms with Gasteiger partial charge in [0, 0.05) is 19.6 Å². The summed E-state index contributed by atoms with van der Waals surface area (Å²) in [5.41, 5.74) is 0.950. The second-order valence-corrected chi connectivity index (χ2v) is 6.33. The number of benzene rings is 1. The van der Waals surface area contributed by atoms with Gasteiger partial charge in [-0.15, -0.1) is 0 Å². The number of nitrogens with zero attached hydrogens (tertiary/aromatic N) is 2. The second kappa shape index (κ2) is 7.96. The second-order valence-electron chi connectivity index (χ2n) is 6.33. The molecule has 0 aromatic heterocycles. The molecule has 0 radical (unpaired) electrons. The lowest BCUT2D eigenvalue weighted by Gasteiger charge is -2.34. The highest BCUT2D eigenvalue weighted by molar-refractivity contribution is 5.78. The summed E-state index contributed by atoms with van der Waals surface area (Å²) in [5, 5.41) is 0. The van der Waals surface area contributed by atoms with Gasteiger partial charge in [-0.1, -0.05) is 12.1 Å². The SMILES string of the molecule is CN(CCc1ccc(F)cc1)CC(=O)N1CCCC(C(F)(F)F)C1. The molecule has 7 heteroatoms. The molecule has 0 bridgehead atoms. The number of hydrogen-bond donors (Lipinski definition) is 0. The molecule has 0 N–H and O–H groups in total. The zero-order valence-electron chi connectivity index (χ0n) is 13.7. The molecule has 1 aromatic rings. The smallest absolute Gasteiger partial charge is 0.341 e. The van der Waals surface area contributed by atoms with Crippen molar-refractivity contribution in [3.63, 3.8) is 0 Å². The number of likely N-dealkylation sites (N-methyl/N-ethyl adjacent to an activating group) is 1. The molecule has 1 amide bonds. The molecule has 1 saturated heterocycles. The molecule has 0 saturated carbocycles. The van der Waals surface area contributed by atoms with Crippen LogP contribution in [0.15, 0.2) is 24.3 Å². The monoisotopic (exact) mass is 346 g/mol. The Morgan fingerprint density at radius 1 is 1.29 bits per heavy atom. The molecule has 24 heavy (non-hydrogen) atoms. The molecule has 134 valence electrons. The Labute approximate surface area is 139 Å². The molecular formula is C17H22F4N2O. The molecule has 1 heterocycles. The number of likely N-dealkylation sites (tertiary alicyclic amines) is 1. The minimum absolute atomic E-state index is 0.0891. The predicted molar refractivity (Wildman–Crippen MR) is 83.0 cm³/mol. The molecule has 1 unspecified atom stereocenters. The van der Waals surface area contributed by atoms with Crippen LogP contribution in [0.5, 0.6) is 0 Å². The Morgan fingerprint density at radius 2 is 1.96 bits per heavy atom. The van der Waals surface area contributed by atoms with Crippen molar-refractivity contribution in [1.29, 1.82) is 0 Å². The van der Waals surface area contributed by atoms with Crippen LogP contribution in [0.2, 0.25) is 0 Å². The normalized spacial score (nSPS) is 18.9. The van der Waals surface area contributed by atoms with Crippen molar-refractivity contribution in [3.8, 4) is 0 Å². The van der Waals surface area contributed by atoms with Gasteiger partial charge in [0.05, 0.1) is 12.5 Å². The van der Waals surface area contributed by atoms with E-state index in [-0.39, 0.29) is 31.2 Å². The van der Waals surface area contributed by atoms with E-state index in [0.717, 1.165) is 5.56 Å². The Balaban J connectivity index is 1.79. The number of carbonyl (C=O) groups excluding carboxylic acids is 1. The first-order chi connectivity index (χ1) is 11.3. The summed E-state index contributed by atoms with van der Waals surface area (Å²) in [4.78, 5) is 15.3. The van der Waals surface area contributed by atoms with Crippen molar-refractivity contribution in [3.05, 3.63) is 35.6 Å². The lowest BCUT2D eigenvalue weighted by atomic mass is 9.97. The van der Waals surface area contributed by atoms with E-state index in [4.69, 9.17) is 0 Å². The largest absolute Gasteiger partial charge is 0.393 e. The van der Waals surface area contributed by atoms with Crippen LogP contribution in [-0.4, -0.2) is 55.1 Å². The van der Waals surface area contributed by atoms with E-state index in [9.17, 15) is 22.4 Å². The van der Waals surface area contributed by atoms with E-state index in [2.05, 4.69) is 0 Å². The molecule has 1 fully saturated rings. The predicted octanol–water partition coefficient (Wildman–Crippen LogP) is 3.10. The van der Waals surface area contributed by atoms with Crippen LogP contribution in [0.4, 0.5) is 17.6 Å². The third kappa shape index (κ3) is 5.47. The van der Waals surface area contributed by atoms with Gasteiger partial charge in [0.2, 0.25) is 5.91 Å². The number of rotatable bonds is 5. The van der Waals surface area contributed by atoms with Crippen LogP contribution in [-0.2, 0) is 11.2 Å². The number of alkyl halides is 3. The van der Waals surface area contributed by atoms with Crippen molar-refractivity contribution in [2.45, 2.75) is 25.4 Å². The van der Waals surface area contributed by atoms with E-state index in [1.165, 1.54) is 17.0 Å². The van der Waals surface area contributed by atoms with Crippen LogP contribution in [0, 0.1) is 11.7 Å². The Bertz CT molecular complexity index is 545. The highest BCUT2D eigenvalue weighted by Gasteiger charge is 2.42. The third-order valence-corrected chi connectivity index (χ3v) is 4.34. The molecule has 1 aliphatic heterocycles. The average Bonchev–Trinajstić information content (AvgIpc) is 2.53. The maximum Gasteiger partial charge on any atom is 0.393 e. The first-order valence-electron chi connectivity index (χ1n) is 8.03. The van der Waals surface area contributed by atoms with Crippen molar-refractivity contribution in [2.24, 2.45) is 5.92 Å². The van der Waals surface area contributed by atoms with Crippen molar-refractivity contribution in [2.75, 3.05) is 33.2 Å². The quantitative estimate of drug-likeness (QED) is 0.765. The van der Waals surface area contributed by atoms with Crippen LogP contribution < -0.4 is 0 Å². The molecule has 1 aromatic carbocycles. The van der Waals surface area contributed by atoms with Gasteiger partial charge in [-0.3, -0.25) is 9.69 Å². The highest BCUT2D eigenvalue weighted by Crippen LogP contribution is 2.33. The Kier molecular flexibility index (Phi) is 6.21. The van der Waals surface area contributed by atoms with Crippen LogP contribution in [0.3, 0.4) is 0 Å². The Hall–Kier alpha value is -1.63. The molecule has 0 aliphatic carbocycles. The minimum Gasteiger partial charge on any atom is -0.341 e. The van der Waals surface area contributed by atoms with E-state index >= 15 is 0 Å². The number of halogens is 4. The van der Waals surface area contributed by atoms with Crippen LogP contribution in [0.25, 0.3) is 0 Å². The van der Waals surface area contributed by atoms with Crippen LogP contribution in [0.1, 0.15) is 18.4 Å². The lowest BCUT2D eigenvalue weighted by Crippen LogP contribution is -2.47. The van der Waals surface area contributed by atoms with E-state index in [1.54, 1.807) is 24.1 Å². The zero-order chi connectivity index (χ0) is 17.7. The number of carbonyl (C=O) groups is 1. The van der Waals surface area contributed by atoms with Gasteiger partial charge in [0.15, 0.2) is 0 Å². The summed E-state index contributed by atoms with van der Waals surface area (Å²) in [5.74, 6) is -1.99. The van der Waals surface area contributed by atoms with E-state index in [1.807, 2.05) is 0 Å². The molecule has 1 aliphatic rings. The van der Waals surface area contributed by atoms with E-state index in [0.29, 0.717) is 25.9 Å². The molecule has 3 nitrogen and oxygen atoms in total. The summed E-state index contributed by atoms with van der Waals surface area (Å²) in [6.45, 7) is 0.811. The fraction of sp³-hybridized carbons (Fsp3) is 0.588. The van der Waals surface area contributed by atoms with Crippen molar-refractivity contribution >= 4 is 5.91 Å². The molecule has 0 spiro atoms. The number of hydrogen-bond acceptors (Lipinski definition) is 2. The summed E-state index contributed by atoms with van der Waals surface area (Å²) in [6, 6.07) is 6.13. The lowest BCUT2D eigenvalue weighted by molar-refractivity contribution is -0.188. The summed E-state index contributed by atoms with van der Waals surface area (Å²) >= 11 is 0. The third-order valence-electron chi connectivity index (χ3n) is 4.34. The Morgan fingerprint density at radius 3 is 2.58 bits per heavy atom. The minimum atomic E-state index is -4.24. The number of piperidine rings is 1. The first kappa shape index (κ1) is 18.7. The van der Waals surface area contributed by atoms with E-state index < -0.39 is 12.1 Å². The first-order valence-corrected chi connectivity index (χ1v) is 8.03. The van der Waals surface area contributed by atoms with Gasteiger partial charge in [-0.2, -0.15) is 13.2 Å². The van der Waals surface area contributed by atoms with Gasteiger partial charge in [-0.05, 0) is 44.0 Å². The summed E-state index contributed by atoms with van der Waals surface area (Å²) in [7, 11) is 1.76. The summed E-state index contributed by atoms with van der Waals surface area (Å²) < 4.78 is 51.2. The highest BCUT2D eigenvalue weighted by atomic mass is 19.4. The number of amides is 1. The maximum atomic E-state index is 12.8.